The van der Waals surface area contributed by atoms with Crippen molar-refractivity contribution in [2.75, 3.05) is 19.8 Å². The zero-order valence-electron chi connectivity index (χ0n) is 20.6. The number of hydrogen-bond donors (Lipinski definition) is 2. The van der Waals surface area contributed by atoms with Crippen LogP contribution in [-0.4, -0.2) is 48.4 Å². The Labute approximate surface area is 210 Å². The Morgan fingerprint density at radius 1 is 0.944 bits per heavy atom. The summed E-state index contributed by atoms with van der Waals surface area (Å²) < 4.78 is 21.3. The first-order valence-electron chi connectivity index (χ1n) is 11.8. The fourth-order valence-electron chi connectivity index (χ4n) is 4.03. The van der Waals surface area contributed by atoms with Crippen molar-refractivity contribution in [3.05, 3.63) is 71.3 Å². The lowest BCUT2D eigenvalue weighted by atomic mass is 9.93. The second-order valence-electron chi connectivity index (χ2n) is 8.04. The third-order valence-corrected chi connectivity index (χ3v) is 5.65. The van der Waals surface area contributed by atoms with Crippen molar-refractivity contribution in [3.8, 4) is 11.5 Å². The highest BCUT2D eigenvalue weighted by atomic mass is 16.6. The van der Waals surface area contributed by atoms with Gasteiger partial charge in [0.25, 0.3) is 0 Å². The maximum atomic E-state index is 13.0. The lowest BCUT2D eigenvalue weighted by molar-refractivity contribution is -0.165. The van der Waals surface area contributed by atoms with Crippen molar-refractivity contribution in [3.63, 3.8) is 0 Å². The summed E-state index contributed by atoms with van der Waals surface area (Å²) in [6, 6.07) is 13.2. The number of ether oxygens (including phenoxy) is 4. The molecule has 0 aromatic heterocycles. The van der Waals surface area contributed by atoms with Crippen molar-refractivity contribution in [1.82, 2.24) is 5.32 Å². The normalized spacial score (nSPS) is 17.4. The quantitative estimate of drug-likeness (QED) is 0.220. The molecule has 0 bridgehead atoms. The van der Waals surface area contributed by atoms with Crippen LogP contribution in [0.25, 0.3) is 0 Å². The van der Waals surface area contributed by atoms with Gasteiger partial charge in [-0.05, 0) is 38.0 Å². The summed E-state index contributed by atoms with van der Waals surface area (Å²) in [6.45, 7) is 5.47. The zero-order chi connectivity index (χ0) is 26.1. The van der Waals surface area contributed by atoms with Gasteiger partial charge in [-0.3, -0.25) is 5.32 Å². The molecule has 1 aliphatic heterocycles. The van der Waals surface area contributed by atoms with E-state index in [1.165, 1.54) is 6.08 Å². The predicted octanol–water partition coefficient (Wildman–Crippen LogP) is 3.36. The molecule has 2 aromatic rings. The van der Waals surface area contributed by atoms with Crippen molar-refractivity contribution >= 4 is 17.9 Å². The average Bonchev–Trinajstić information content (AvgIpc) is 3.25. The molecule has 9 nitrogen and oxygen atoms in total. The maximum absolute atomic E-state index is 13.0. The van der Waals surface area contributed by atoms with E-state index in [1.807, 2.05) is 30.3 Å². The Morgan fingerprint density at radius 3 is 2.22 bits per heavy atom. The highest BCUT2D eigenvalue weighted by Crippen LogP contribution is 2.44. The first-order valence-corrected chi connectivity index (χ1v) is 11.8. The number of nitrogens with one attached hydrogen (secondary N) is 1. The molecule has 1 aliphatic rings. The van der Waals surface area contributed by atoms with Gasteiger partial charge in [0.1, 0.15) is 6.61 Å². The minimum Gasteiger partial charge on any atom is -0.504 e. The Hall–Kier alpha value is -3.85. The lowest BCUT2D eigenvalue weighted by Gasteiger charge is -2.25. The standard InChI is InChI=1S/C27H31NO8/c1-4-33-21-14-10-13-20(24(21)30)23-19(15-22(29)36-17-18-11-8-7-9-12-18)16-27(28-23,25(31)34-5-2)26(32)35-6-3/h7-15,23,28,30H,4-6,16-17H2,1-3H3/b19-15+. The number of carbonyl (C=O) groups is 3. The Kier molecular flexibility index (Phi) is 9.08. The summed E-state index contributed by atoms with van der Waals surface area (Å²) >= 11 is 0. The molecule has 36 heavy (non-hydrogen) atoms. The molecule has 1 atom stereocenters. The minimum absolute atomic E-state index is 0.0373. The molecular weight excluding hydrogens is 466 g/mol. The van der Waals surface area contributed by atoms with E-state index >= 15 is 0 Å². The summed E-state index contributed by atoms with van der Waals surface area (Å²) in [5.74, 6) is -2.29. The van der Waals surface area contributed by atoms with E-state index in [0.29, 0.717) is 17.7 Å². The summed E-state index contributed by atoms with van der Waals surface area (Å²) in [5, 5.41) is 13.9. The van der Waals surface area contributed by atoms with Gasteiger partial charge in [0.15, 0.2) is 11.5 Å². The number of phenolic OH excluding ortho intramolecular Hbond substituents is 1. The van der Waals surface area contributed by atoms with E-state index in [1.54, 1.807) is 39.0 Å². The maximum Gasteiger partial charge on any atom is 0.338 e. The predicted molar refractivity (Wildman–Crippen MR) is 130 cm³/mol. The Morgan fingerprint density at radius 2 is 1.61 bits per heavy atom. The van der Waals surface area contributed by atoms with Crippen molar-refractivity contribution in [2.24, 2.45) is 0 Å². The van der Waals surface area contributed by atoms with Gasteiger partial charge >= 0.3 is 17.9 Å². The number of carbonyl (C=O) groups excluding carboxylic acids is 3. The SMILES string of the molecule is CCOC(=O)C1(C(=O)OCC)C/C(=C\C(=O)OCc2ccccc2)C(c2cccc(OCC)c2O)N1. The fourth-order valence-corrected chi connectivity index (χ4v) is 4.03. The van der Waals surface area contributed by atoms with Crippen LogP contribution in [0.4, 0.5) is 0 Å². The van der Waals surface area contributed by atoms with Crippen LogP contribution in [0.15, 0.2) is 60.2 Å². The number of para-hydroxylation sites is 1. The van der Waals surface area contributed by atoms with Crippen LogP contribution < -0.4 is 10.1 Å². The van der Waals surface area contributed by atoms with Crippen LogP contribution in [-0.2, 0) is 35.2 Å². The third kappa shape index (κ3) is 5.85. The molecule has 0 saturated carbocycles. The molecule has 0 radical (unpaired) electrons. The van der Waals surface area contributed by atoms with Crippen molar-refractivity contribution < 1.29 is 38.4 Å². The molecule has 1 fully saturated rings. The number of benzene rings is 2. The highest BCUT2D eigenvalue weighted by molar-refractivity contribution is 6.06. The van der Waals surface area contributed by atoms with Gasteiger partial charge in [0.2, 0.25) is 5.54 Å². The smallest absolute Gasteiger partial charge is 0.338 e. The molecule has 0 spiro atoms. The number of rotatable bonds is 10. The van der Waals surface area contributed by atoms with Crippen LogP contribution in [0.1, 0.15) is 44.4 Å². The molecule has 2 aromatic carbocycles. The molecule has 3 rings (SSSR count). The van der Waals surface area contributed by atoms with E-state index in [9.17, 15) is 19.5 Å². The second kappa shape index (κ2) is 12.2. The minimum atomic E-state index is -1.91. The number of hydrogen-bond acceptors (Lipinski definition) is 9. The Bertz CT molecular complexity index is 1090. The van der Waals surface area contributed by atoms with E-state index in [-0.39, 0.29) is 37.7 Å². The molecule has 2 N–H and O–H groups in total. The van der Waals surface area contributed by atoms with Gasteiger partial charge in [-0.15, -0.1) is 0 Å². The van der Waals surface area contributed by atoms with E-state index < -0.39 is 29.5 Å². The average molecular weight is 498 g/mol. The van der Waals surface area contributed by atoms with Gasteiger partial charge in [-0.25, -0.2) is 14.4 Å². The third-order valence-electron chi connectivity index (χ3n) is 5.65. The van der Waals surface area contributed by atoms with E-state index in [0.717, 1.165) is 5.56 Å². The summed E-state index contributed by atoms with van der Waals surface area (Å²) in [7, 11) is 0. The second-order valence-corrected chi connectivity index (χ2v) is 8.04. The summed E-state index contributed by atoms with van der Waals surface area (Å²) in [5.41, 5.74) is -0.438. The van der Waals surface area contributed by atoms with Crippen LogP contribution in [0.3, 0.4) is 0 Å². The molecule has 0 aliphatic carbocycles. The summed E-state index contributed by atoms with van der Waals surface area (Å²) in [6.07, 6.45) is 1.02. The van der Waals surface area contributed by atoms with Gasteiger partial charge in [-0.2, -0.15) is 0 Å². The van der Waals surface area contributed by atoms with Gasteiger partial charge in [-0.1, -0.05) is 42.5 Å². The molecule has 1 saturated heterocycles. The topological polar surface area (TPSA) is 120 Å². The van der Waals surface area contributed by atoms with E-state index in [2.05, 4.69) is 5.32 Å². The largest absolute Gasteiger partial charge is 0.504 e. The van der Waals surface area contributed by atoms with E-state index in [4.69, 9.17) is 18.9 Å². The number of aromatic hydroxyl groups is 1. The molecular formula is C27H31NO8. The van der Waals surface area contributed by atoms with Crippen LogP contribution in [0.5, 0.6) is 11.5 Å². The lowest BCUT2D eigenvalue weighted by Crippen LogP contribution is -2.56. The Balaban J connectivity index is 2.02. The monoisotopic (exact) mass is 497 g/mol. The van der Waals surface area contributed by atoms with Crippen molar-refractivity contribution in [1.29, 1.82) is 0 Å². The zero-order valence-corrected chi connectivity index (χ0v) is 20.6. The fraction of sp³-hybridized carbons (Fsp3) is 0.370. The molecule has 0 amide bonds. The highest BCUT2D eigenvalue weighted by Gasteiger charge is 2.56. The van der Waals surface area contributed by atoms with Gasteiger partial charge in [0, 0.05) is 18.1 Å². The van der Waals surface area contributed by atoms with Gasteiger partial charge < -0.3 is 24.1 Å². The van der Waals surface area contributed by atoms with Crippen LogP contribution in [0.2, 0.25) is 0 Å². The van der Waals surface area contributed by atoms with Crippen molar-refractivity contribution in [2.45, 2.75) is 45.4 Å². The molecule has 9 heteroatoms. The first kappa shape index (κ1) is 26.7. The molecule has 1 unspecified atom stereocenters. The number of esters is 3. The molecule has 192 valence electrons. The van der Waals surface area contributed by atoms with Crippen LogP contribution >= 0.6 is 0 Å². The summed E-state index contributed by atoms with van der Waals surface area (Å²) in [4.78, 5) is 38.8. The number of phenols is 1. The molecule has 1 heterocycles. The van der Waals surface area contributed by atoms with Crippen LogP contribution in [0, 0.1) is 0 Å². The van der Waals surface area contributed by atoms with Gasteiger partial charge in [0.05, 0.1) is 25.9 Å². The first-order chi connectivity index (χ1) is 17.4.